The van der Waals surface area contributed by atoms with Crippen LogP contribution in [-0.2, 0) is 6.54 Å². The molecule has 0 aliphatic heterocycles. The molecule has 1 heterocycles. The van der Waals surface area contributed by atoms with Crippen LogP contribution in [0.15, 0.2) is 12.3 Å². The van der Waals surface area contributed by atoms with E-state index >= 15 is 0 Å². The van der Waals surface area contributed by atoms with Crippen LogP contribution in [0.2, 0.25) is 0 Å². The lowest BCUT2D eigenvalue weighted by Crippen LogP contribution is -2.29. The van der Waals surface area contributed by atoms with Gasteiger partial charge < -0.3 is 10.4 Å². The number of nitrogens with zero attached hydrogens (tertiary/aromatic N) is 2. The molecular formula is C15H27N3O. The number of aliphatic hydroxyl groups excluding tert-OH is 1. The van der Waals surface area contributed by atoms with Gasteiger partial charge in [-0.05, 0) is 51.1 Å². The molecule has 0 radical (unpaired) electrons. The molecule has 1 aromatic rings. The second kappa shape index (κ2) is 7.06. The van der Waals surface area contributed by atoms with Gasteiger partial charge in [0.05, 0.1) is 11.8 Å². The van der Waals surface area contributed by atoms with E-state index < -0.39 is 0 Å². The third-order valence-corrected chi connectivity index (χ3v) is 4.20. The Morgan fingerprint density at radius 3 is 3.11 bits per heavy atom. The molecule has 1 aliphatic rings. The van der Waals surface area contributed by atoms with E-state index in [4.69, 9.17) is 0 Å². The van der Waals surface area contributed by atoms with E-state index in [1.165, 1.54) is 6.42 Å². The Labute approximate surface area is 116 Å². The molecule has 1 fully saturated rings. The number of aromatic nitrogens is 2. The first kappa shape index (κ1) is 14.5. The summed E-state index contributed by atoms with van der Waals surface area (Å²) in [5.74, 6) is 0.625. The van der Waals surface area contributed by atoms with Crippen LogP contribution in [0.4, 0.5) is 0 Å². The monoisotopic (exact) mass is 265 g/mol. The van der Waals surface area contributed by atoms with Crippen LogP contribution in [0.25, 0.3) is 0 Å². The summed E-state index contributed by atoms with van der Waals surface area (Å²) < 4.78 is 2.04. The van der Waals surface area contributed by atoms with Crippen molar-refractivity contribution in [2.75, 3.05) is 6.54 Å². The standard InChI is InChI=1S/C15H27N3O/c1-3-12(2)18-8-7-14(17-18)11-16-10-13-5-4-6-15(19)9-13/h7-8,12-13,15-16,19H,3-6,9-11H2,1-2H3. The van der Waals surface area contributed by atoms with Crippen molar-refractivity contribution in [2.45, 2.75) is 64.6 Å². The van der Waals surface area contributed by atoms with Crippen molar-refractivity contribution in [3.8, 4) is 0 Å². The minimum absolute atomic E-state index is 0.0786. The lowest BCUT2D eigenvalue weighted by atomic mass is 9.87. The second-order valence-corrected chi connectivity index (χ2v) is 5.86. The van der Waals surface area contributed by atoms with Crippen LogP contribution in [0.5, 0.6) is 0 Å². The molecule has 4 nitrogen and oxygen atoms in total. The van der Waals surface area contributed by atoms with E-state index in [-0.39, 0.29) is 6.10 Å². The maximum atomic E-state index is 9.64. The average molecular weight is 265 g/mol. The summed E-state index contributed by atoms with van der Waals surface area (Å²) in [7, 11) is 0. The van der Waals surface area contributed by atoms with Crippen molar-refractivity contribution in [3.05, 3.63) is 18.0 Å². The third-order valence-electron chi connectivity index (χ3n) is 4.20. The number of aliphatic hydroxyl groups is 1. The average Bonchev–Trinajstić information content (AvgIpc) is 2.87. The van der Waals surface area contributed by atoms with Gasteiger partial charge in [-0.25, -0.2) is 0 Å². The van der Waals surface area contributed by atoms with E-state index in [2.05, 4.69) is 36.5 Å². The van der Waals surface area contributed by atoms with Gasteiger partial charge in [0, 0.05) is 18.8 Å². The van der Waals surface area contributed by atoms with Crippen LogP contribution < -0.4 is 5.32 Å². The molecule has 0 bridgehead atoms. The molecule has 1 saturated carbocycles. The van der Waals surface area contributed by atoms with Crippen LogP contribution >= 0.6 is 0 Å². The lowest BCUT2D eigenvalue weighted by Gasteiger charge is -2.25. The fraction of sp³-hybridized carbons (Fsp3) is 0.800. The van der Waals surface area contributed by atoms with Gasteiger partial charge in [-0.3, -0.25) is 4.68 Å². The van der Waals surface area contributed by atoms with E-state index in [0.29, 0.717) is 12.0 Å². The van der Waals surface area contributed by atoms with E-state index in [1.807, 2.05) is 4.68 Å². The molecule has 3 unspecified atom stereocenters. The zero-order chi connectivity index (χ0) is 13.7. The maximum Gasteiger partial charge on any atom is 0.0762 e. The molecule has 1 aromatic heterocycles. The fourth-order valence-corrected chi connectivity index (χ4v) is 2.76. The zero-order valence-corrected chi connectivity index (χ0v) is 12.2. The Hall–Kier alpha value is -0.870. The minimum Gasteiger partial charge on any atom is -0.393 e. The van der Waals surface area contributed by atoms with Gasteiger partial charge in [0.25, 0.3) is 0 Å². The quantitative estimate of drug-likeness (QED) is 0.831. The van der Waals surface area contributed by atoms with Gasteiger partial charge in [-0.1, -0.05) is 13.3 Å². The Balaban J connectivity index is 1.72. The second-order valence-electron chi connectivity index (χ2n) is 5.86. The zero-order valence-electron chi connectivity index (χ0n) is 12.2. The first-order chi connectivity index (χ1) is 9.19. The molecular weight excluding hydrogens is 238 g/mol. The molecule has 19 heavy (non-hydrogen) atoms. The summed E-state index contributed by atoms with van der Waals surface area (Å²) in [6, 6.07) is 2.57. The summed E-state index contributed by atoms with van der Waals surface area (Å²) >= 11 is 0. The van der Waals surface area contributed by atoms with Crippen molar-refractivity contribution >= 4 is 0 Å². The fourth-order valence-electron chi connectivity index (χ4n) is 2.76. The molecule has 0 saturated heterocycles. The largest absolute Gasteiger partial charge is 0.393 e. The maximum absolute atomic E-state index is 9.64. The van der Waals surface area contributed by atoms with E-state index in [9.17, 15) is 5.11 Å². The van der Waals surface area contributed by atoms with Crippen LogP contribution in [-0.4, -0.2) is 27.5 Å². The van der Waals surface area contributed by atoms with Gasteiger partial charge in [0.2, 0.25) is 0 Å². The van der Waals surface area contributed by atoms with Crippen molar-refractivity contribution in [2.24, 2.45) is 5.92 Å². The SMILES string of the molecule is CCC(C)n1ccc(CNCC2CCCC(O)C2)n1. The molecule has 1 aliphatic carbocycles. The normalized spacial score (nSPS) is 25.4. The summed E-state index contributed by atoms with van der Waals surface area (Å²) in [5, 5.41) is 17.7. The molecule has 4 heteroatoms. The molecule has 0 amide bonds. The van der Waals surface area contributed by atoms with Crippen LogP contribution in [0, 0.1) is 5.92 Å². The highest BCUT2D eigenvalue weighted by Crippen LogP contribution is 2.23. The van der Waals surface area contributed by atoms with Gasteiger partial charge in [-0.2, -0.15) is 5.10 Å². The molecule has 2 N–H and O–H groups in total. The Bertz CT molecular complexity index is 377. The lowest BCUT2D eigenvalue weighted by molar-refractivity contribution is 0.101. The van der Waals surface area contributed by atoms with Gasteiger partial charge in [-0.15, -0.1) is 0 Å². The molecule has 0 spiro atoms. The Morgan fingerprint density at radius 2 is 2.37 bits per heavy atom. The Kier molecular flexibility index (Phi) is 5.40. The van der Waals surface area contributed by atoms with Gasteiger partial charge in [0.15, 0.2) is 0 Å². The van der Waals surface area contributed by atoms with E-state index in [0.717, 1.165) is 44.5 Å². The number of hydrogen-bond acceptors (Lipinski definition) is 3. The minimum atomic E-state index is -0.0786. The topological polar surface area (TPSA) is 50.1 Å². The highest BCUT2D eigenvalue weighted by Gasteiger charge is 2.19. The van der Waals surface area contributed by atoms with Crippen molar-refractivity contribution in [1.82, 2.24) is 15.1 Å². The molecule has 2 rings (SSSR count). The number of rotatable bonds is 6. The highest BCUT2D eigenvalue weighted by atomic mass is 16.3. The highest BCUT2D eigenvalue weighted by molar-refractivity contribution is 4.99. The number of nitrogens with one attached hydrogen (secondary N) is 1. The smallest absolute Gasteiger partial charge is 0.0762 e. The third kappa shape index (κ3) is 4.32. The molecule has 0 aromatic carbocycles. The van der Waals surface area contributed by atoms with Gasteiger partial charge in [0.1, 0.15) is 0 Å². The summed E-state index contributed by atoms with van der Waals surface area (Å²) in [4.78, 5) is 0. The predicted molar refractivity (Wildman–Crippen MR) is 76.9 cm³/mol. The van der Waals surface area contributed by atoms with Crippen molar-refractivity contribution in [3.63, 3.8) is 0 Å². The van der Waals surface area contributed by atoms with Crippen molar-refractivity contribution < 1.29 is 5.11 Å². The van der Waals surface area contributed by atoms with Crippen LogP contribution in [0.3, 0.4) is 0 Å². The first-order valence-electron chi connectivity index (χ1n) is 7.61. The number of hydrogen-bond donors (Lipinski definition) is 2. The van der Waals surface area contributed by atoms with Crippen LogP contribution in [0.1, 0.15) is 57.7 Å². The molecule has 3 atom stereocenters. The van der Waals surface area contributed by atoms with E-state index in [1.54, 1.807) is 0 Å². The predicted octanol–water partition coefficient (Wildman–Crippen LogP) is 2.49. The summed E-state index contributed by atoms with van der Waals surface area (Å²) in [6.07, 6.45) is 7.43. The summed E-state index contributed by atoms with van der Waals surface area (Å²) in [6.45, 7) is 6.19. The summed E-state index contributed by atoms with van der Waals surface area (Å²) in [5.41, 5.74) is 1.11. The van der Waals surface area contributed by atoms with Crippen molar-refractivity contribution in [1.29, 1.82) is 0 Å². The van der Waals surface area contributed by atoms with Gasteiger partial charge >= 0.3 is 0 Å². The molecule has 108 valence electrons. The Morgan fingerprint density at radius 1 is 1.53 bits per heavy atom. The first-order valence-corrected chi connectivity index (χ1v) is 7.61.